The van der Waals surface area contributed by atoms with Gasteiger partial charge in [-0.15, -0.1) is 0 Å². The zero-order valence-electron chi connectivity index (χ0n) is 13.7. The molecule has 0 aliphatic carbocycles. The summed E-state index contributed by atoms with van der Waals surface area (Å²) >= 11 is 17.8. The number of hydrogen-bond acceptors (Lipinski definition) is 3. The molecule has 0 atom stereocenters. The number of anilines is 1. The van der Waals surface area contributed by atoms with Gasteiger partial charge in [-0.1, -0.05) is 46.9 Å². The lowest BCUT2D eigenvalue weighted by atomic mass is 10.2. The molecule has 0 bridgehead atoms. The van der Waals surface area contributed by atoms with Crippen molar-refractivity contribution in [1.82, 2.24) is 0 Å². The summed E-state index contributed by atoms with van der Waals surface area (Å²) in [7, 11) is 0. The molecule has 3 rings (SSSR count). The van der Waals surface area contributed by atoms with Gasteiger partial charge in [0.1, 0.15) is 23.2 Å². The number of amides is 1. The van der Waals surface area contributed by atoms with Crippen molar-refractivity contribution in [2.24, 2.45) is 0 Å². The van der Waals surface area contributed by atoms with Crippen LogP contribution in [0.2, 0.25) is 15.1 Å². The summed E-state index contributed by atoms with van der Waals surface area (Å²) in [6.45, 7) is 0. The van der Waals surface area contributed by atoms with Gasteiger partial charge >= 0.3 is 0 Å². The van der Waals surface area contributed by atoms with E-state index in [2.05, 4.69) is 5.32 Å². The van der Waals surface area contributed by atoms with E-state index in [-0.39, 0.29) is 5.57 Å². The Kier molecular flexibility index (Phi) is 5.88. The summed E-state index contributed by atoms with van der Waals surface area (Å²) in [5.74, 6) is 0.355. The molecule has 2 aromatic carbocycles. The van der Waals surface area contributed by atoms with E-state index in [1.165, 1.54) is 12.1 Å². The lowest BCUT2D eigenvalue weighted by molar-refractivity contribution is -0.112. The first-order valence-corrected chi connectivity index (χ1v) is 8.83. The third kappa shape index (κ3) is 4.72. The fourth-order valence-corrected chi connectivity index (χ4v) is 2.78. The lowest BCUT2D eigenvalue weighted by Crippen LogP contribution is -2.13. The molecule has 134 valence electrons. The first kappa shape index (κ1) is 19.1. The second-order valence-electron chi connectivity index (χ2n) is 5.47. The molecule has 0 aliphatic heterocycles. The Labute approximate surface area is 170 Å². The molecule has 0 radical (unpaired) electrons. The molecule has 27 heavy (non-hydrogen) atoms. The smallest absolute Gasteiger partial charge is 0.266 e. The molecular weight excluding hydrogens is 407 g/mol. The number of rotatable bonds is 4. The van der Waals surface area contributed by atoms with Crippen LogP contribution in [0.15, 0.2) is 64.6 Å². The lowest BCUT2D eigenvalue weighted by Gasteiger charge is -2.05. The molecular formula is C20H11Cl3N2O2. The summed E-state index contributed by atoms with van der Waals surface area (Å²) < 4.78 is 5.69. The van der Waals surface area contributed by atoms with Crippen LogP contribution in [0.4, 0.5) is 5.69 Å². The Hall–Kier alpha value is -2.71. The van der Waals surface area contributed by atoms with Crippen molar-refractivity contribution in [3.8, 4) is 17.4 Å². The summed E-state index contributed by atoms with van der Waals surface area (Å²) in [5, 5.41) is 13.2. The van der Waals surface area contributed by atoms with E-state index < -0.39 is 5.91 Å². The van der Waals surface area contributed by atoms with Crippen molar-refractivity contribution in [1.29, 1.82) is 5.26 Å². The Morgan fingerprint density at radius 2 is 1.85 bits per heavy atom. The largest absolute Gasteiger partial charge is 0.457 e. The van der Waals surface area contributed by atoms with Crippen molar-refractivity contribution in [2.45, 2.75) is 0 Å². The molecule has 1 amide bonds. The minimum atomic E-state index is -0.586. The van der Waals surface area contributed by atoms with Crippen molar-refractivity contribution in [3.63, 3.8) is 0 Å². The normalized spacial score (nSPS) is 11.1. The third-order valence-electron chi connectivity index (χ3n) is 3.57. The molecule has 3 aromatic rings. The fourth-order valence-electron chi connectivity index (χ4n) is 2.29. The topological polar surface area (TPSA) is 66.0 Å². The van der Waals surface area contributed by atoms with Crippen LogP contribution in [0.1, 0.15) is 5.76 Å². The van der Waals surface area contributed by atoms with E-state index in [1.54, 1.807) is 42.5 Å². The van der Waals surface area contributed by atoms with Crippen LogP contribution >= 0.6 is 34.8 Å². The number of nitrogens with zero attached hydrogens (tertiary/aromatic N) is 1. The van der Waals surface area contributed by atoms with E-state index in [9.17, 15) is 10.1 Å². The number of carbonyl (C=O) groups is 1. The van der Waals surface area contributed by atoms with Gasteiger partial charge < -0.3 is 9.73 Å². The minimum Gasteiger partial charge on any atom is -0.457 e. The number of carbonyl (C=O) groups excluding carboxylic acids is 1. The molecule has 0 unspecified atom stereocenters. The maximum absolute atomic E-state index is 12.3. The second kappa shape index (κ2) is 8.32. The molecule has 1 N–H and O–H groups in total. The van der Waals surface area contributed by atoms with Crippen LogP contribution in [0.3, 0.4) is 0 Å². The molecule has 0 saturated heterocycles. The third-order valence-corrected chi connectivity index (χ3v) is 4.54. The predicted octanol–water partition coefficient (Wildman–Crippen LogP) is 6.45. The maximum Gasteiger partial charge on any atom is 0.266 e. The molecule has 0 spiro atoms. The van der Waals surface area contributed by atoms with Crippen LogP contribution in [-0.2, 0) is 4.79 Å². The van der Waals surface area contributed by atoms with E-state index in [4.69, 9.17) is 39.2 Å². The molecule has 0 aliphatic rings. The van der Waals surface area contributed by atoms with Crippen molar-refractivity contribution in [3.05, 3.63) is 81.0 Å². The van der Waals surface area contributed by atoms with Crippen LogP contribution < -0.4 is 5.32 Å². The average Bonchev–Trinajstić information content (AvgIpc) is 3.11. The first-order valence-electron chi connectivity index (χ1n) is 7.70. The van der Waals surface area contributed by atoms with Gasteiger partial charge in [0.25, 0.3) is 5.91 Å². The second-order valence-corrected chi connectivity index (χ2v) is 6.72. The van der Waals surface area contributed by atoms with Crippen LogP contribution in [-0.4, -0.2) is 5.91 Å². The Morgan fingerprint density at radius 1 is 1.04 bits per heavy atom. The Bertz CT molecular complexity index is 1080. The molecule has 7 heteroatoms. The summed E-state index contributed by atoms with van der Waals surface area (Å²) in [4.78, 5) is 12.3. The number of halogens is 3. The van der Waals surface area contributed by atoms with Crippen molar-refractivity contribution in [2.75, 3.05) is 5.32 Å². The number of hydrogen-bond donors (Lipinski definition) is 1. The van der Waals surface area contributed by atoms with Gasteiger partial charge in [-0.2, -0.15) is 5.26 Å². The van der Waals surface area contributed by atoms with Crippen LogP contribution in [0.25, 0.3) is 17.4 Å². The highest BCUT2D eigenvalue weighted by Gasteiger charge is 2.12. The van der Waals surface area contributed by atoms with Crippen molar-refractivity contribution < 1.29 is 9.21 Å². The molecule has 0 saturated carbocycles. The number of benzene rings is 2. The van der Waals surface area contributed by atoms with Gasteiger partial charge in [0.2, 0.25) is 0 Å². The zero-order valence-corrected chi connectivity index (χ0v) is 15.9. The van der Waals surface area contributed by atoms with Gasteiger partial charge in [-0.25, -0.2) is 0 Å². The van der Waals surface area contributed by atoms with Gasteiger partial charge in [0, 0.05) is 22.3 Å². The Morgan fingerprint density at radius 3 is 2.56 bits per heavy atom. The number of nitrogens with one attached hydrogen (secondary N) is 1. The predicted molar refractivity (Wildman–Crippen MR) is 108 cm³/mol. The summed E-state index contributed by atoms with van der Waals surface area (Å²) in [5.41, 5.74) is 1.10. The standard InChI is InChI=1S/C20H11Cl3N2O2/c21-14-3-1-2-12(8-14)19-7-5-16(27-19)9-13(11-24)20(26)25-15-4-6-17(22)18(23)10-15/h1-10H,(H,25,26)/b13-9-. The summed E-state index contributed by atoms with van der Waals surface area (Å²) in [6, 6.07) is 17.1. The SMILES string of the molecule is N#C/C(=C/c1ccc(-c2cccc(Cl)c2)o1)C(=O)Nc1ccc(Cl)c(Cl)c1. The zero-order chi connectivity index (χ0) is 19.4. The molecule has 1 heterocycles. The van der Waals surface area contributed by atoms with Gasteiger partial charge in [-0.05, 0) is 42.5 Å². The van der Waals surface area contributed by atoms with Gasteiger partial charge in [0.05, 0.1) is 10.0 Å². The highest BCUT2D eigenvalue weighted by atomic mass is 35.5. The van der Waals surface area contributed by atoms with E-state index in [0.717, 1.165) is 5.56 Å². The molecule has 4 nitrogen and oxygen atoms in total. The van der Waals surface area contributed by atoms with E-state index in [1.807, 2.05) is 12.1 Å². The maximum atomic E-state index is 12.3. The minimum absolute atomic E-state index is 0.118. The number of furan rings is 1. The first-order chi connectivity index (χ1) is 13.0. The quantitative estimate of drug-likeness (QED) is 0.392. The van der Waals surface area contributed by atoms with Crippen LogP contribution in [0.5, 0.6) is 0 Å². The average molecular weight is 418 g/mol. The van der Waals surface area contributed by atoms with E-state index >= 15 is 0 Å². The van der Waals surface area contributed by atoms with Gasteiger partial charge in [0.15, 0.2) is 0 Å². The highest BCUT2D eigenvalue weighted by Crippen LogP contribution is 2.27. The van der Waals surface area contributed by atoms with Crippen LogP contribution in [0, 0.1) is 11.3 Å². The van der Waals surface area contributed by atoms with Crippen molar-refractivity contribution >= 4 is 52.5 Å². The molecule has 0 fully saturated rings. The van der Waals surface area contributed by atoms with E-state index in [0.29, 0.717) is 32.3 Å². The Balaban J connectivity index is 1.81. The molecule has 1 aromatic heterocycles. The number of nitriles is 1. The summed E-state index contributed by atoms with van der Waals surface area (Å²) in [6.07, 6.45) is 1.36. The fraction of sp³-hybridized carbons (Fsp3) is 0. The van der Waals surface area contributed by atoms with Gasteiger partial charge in [-0.3, -0.25) is 4.79 Å². The highest BCUT2D eigenvalue weighted by molar-refractivity contribution is 6.42. The monoisotopic (exact) mass is 416 g/mol.